The second-order valence-corrected chi connectivity index (χ2v) is 6.36. The number of rotatable bonds is 4. The van der Waals surface area contributed by atoms with Gasteiger partial charge in [0.2, 0.25) is 0 Å². The van der Waals surface area contributed by atoms with Crippen molar-refractivity contribution in [3.8, 4) is 5.75 Å². The van der Waals surface area contributed by atoms with E-state index in [0.29, 0.717) is 11.2 Å². The predicted octanol–water partition coefficient (Wildman–Crippen LogP) is 3.30. The van der Waals surface area contributed by atoms with Gasteiger partial charge in [0.25, 0.3) is 0 Å². The monoisotopic (exact) mass is 262 g/mol. The third-order valence-electron chi connectivity index (χ3n) is 4.03. The van der Waals surface area contributed by atoms with Gasteiger partial charge in [0.1, 0.15) is 5.75 Å². The molecule has 3 nitrogen and oxygen atoms in total. The summed E-state index contributed by atoms with van der Waals surface area (Å²) in [5.74, 6) is 0.399. The van der Waals surface area contributed by atoms with Gasteiger partial charge in [-0.1, -0.05) is 26.8 Å². The van der Waals surface area contributed by atoms with Crippen LogP contribution in [0, 0.1) is 5.41 Å². The fraction of sp³-hybridized carbons (Fsp3) is 0.625. The Morgan fingerprint density at radius 1 is 1.42 bits per heavy atom. The topological polar surface area (TPSA) is 35.5 Å². The minimum atomic E-state index is 0.189. The van der Waals surface area contributed by atoms with Crippen molar-refractivity contribution in [1.82, 2.24) is 5.32 Å². The molecule has 1 heterocycles. The molecule has 1 unspecified atom stereocenters. The Kier molecular flexibility index (Phi) is 4.04. The summed E-state index contributed by atoms with van der Waals surface area (Å²) in [6, 6.07) is 6.27. The van der Waals surface area contributed by atoms with E-state index in [2.05, 4.69) is 44.0 Å². The molecule has 2 N–H and O–H groups in total. The maximum atomic E-state index is 10.2. The second kappa shape index (κ2) is 5.41. The Hall–Kier alpha value is -1.22. The number of hydrogen-bond donors (Lipinski definition) is 2. The lowest BCUT2D eigenvalue weighted by molar-refractivity contribution is 0.418. The van der Waals surface area contributed by atoms with Crippen LogP contribution >= 0.6 is 0 Å². The molecule has 0 saturated carbocycles. The van der Waals surface area contributed by atoms with Crippen molar-refractivity contribution in [2.45, 2.75) is 40.2 Å². The first-order valence-corrected chi connectivity index (χ1v) is 7.24. The lowest BCUT2D eigenvalue weighted by Gasteiger charge is -2.23. The highest BCUT2D eigenvalue weighted by atomic mass is 16.3. The molecule has 0 aromatic heterocycles. The molecule has 0 radical (unpaired) electrons. The van der Waals surface area contributed by atoms with E-state index in [0.717, 1.165) is 30.9 Å². The highest BCUT2D eigenvalue weighted by Crippen LogP contribution is 2.35. The number of aromatic hydroxyl groups is 1. The zero-order chi connectivity index (χ0) is 14.0. The van der Waals surface area contributed by atoms with E-state index in [1.807, 2.05) is 12.1 Å². The van der Waals surface area contributed by atoms with Crippen LogP contribution in [0.25, 0.3) is 0 Å². The number of phenolic OH excluding ortho intramolecular Hbond substituents is 1. The van der Waals surface area contributed by atoms with E-state index in [-0.39, 0.29) is 6.04 Å². The molecule has 1 aliphatic heterocycles. The first-order chi connectivity index (χ1) is 8.93. The Balaban J connectivity index is 2.15. The molecule has 106 valence electrons. The first-order valence-electron chi connectivity index (χ1n) is 7.24. The minimum Gasteiger partial charge on any atom is -0.508 e. The van der Waals surface area contributed by atoms with Crippen LogP contribution < -0.4 is 10.2 Å². The van der Waals surface area contributed by atoms with Gasteiger partial charge in [-0.25, -0.2) is 0 Å². The average Bonchev–Trinajstić information content (AvgIpc) is 2.70. The summed E-state index contributed by atoms with van der Waals surface area (Å²) < 4.78 is 0. The van der Waals surface area contributed by atoms with Gasteiger partial charge < -0.3 is 15.3 Å². The van der Waals surface area contributed by atoms with Crippen LogP contribution in [-0.4, -0.2) is 24.7 Å². The van der Waals surface area contributed by atoms with Gasteiger partial charge >= 0.3 is 0 Å². The average molecular weight is 262 g/mol. The van der Waals surface area contributed by atoms with E-state index in [4.69, 9.17) is 0 Å². The molecule has 0 bridgehead atoms. The van der Waals surface area contributed by atoms with E-state index in [9.17, 15) is 5.11 Å². The summed E-state index contributed by atoms with van der Waals surface area (Å²) in [6.07, 6.45) is 1.21. The number of nitrogens with zero attached hydrogens (tertiary/aromatic N) is 1. The van der Waals surface area contributed by atoms with Crippen LogP contribution in [0.5, 0.6) is 5.75 Å². The number of anilines is 1. The van der Waals surface area contributed by atoms with Crippen LogP contribution in [0.2, 0.25) is 0 Å². The van der Waals surface area contributed by atoms with E-state index in [1.54, 1.807) is 0 Å². The van der Waals surface area contributed by atoms with Crippen molar-refractivity contribution in [2.24, 2.45) is 5.41 Å². The minimum absolute atomic E-state index is 0.189. The van der Waals surface area contributed by atoms with Gasteiger partial charge in [0, 0.05) is 36.4 Å². The molecule has 19 heavy (non-hydrogen) atoms. The summed E-state index contributed by atoms with van der Waals surface area (Å²) >= 11 is 0. The summed E-state index contributed by atoms with van der Waals surface area (Å²) in [7, 11) is 0. The normalized spacial score (nSPS) is 19.7. The largest absolute Gasteiger partial charge is 0.508 e. The van der Waals surface area contributed by atoms with Crippen molar-refractivity contribution in [3.63, 3.8) is 0 Å². The van der Waals surface area contributed by atoms with Crippen LogP contribution in [0.3, 0.4) is 0 Å². The zero-order valence-corrected chi connectivity index (χ0v) is 12.5. The van der Waals surface area contributed by atoms with Gasteiger partial charge in [-0.05, 0) is 31.4 Å². The van der Waals surface area contributed by atoms with Crippen LogP contribution in [-0.2, 0) is 0 Å². The summed E-state index contributed by atoms with van der Waals surface area (Å²) in [5.41, 5.74) is 2.49. The van der Waals surface area contributed by atoms with Gasteiger partial charge in [0.05, 0.1) is 0 Å². The Labute approximate surface area is 116 Å². The van der Waals surface area contributed by atoms with E-state index < -0.39 is 0 Å². The van der Waals surface area contributed by atoms with Crippen LogP contribution in [0.15, 0.2) is 18.2 Å². The van der Waals surface area contributed by atoms with Crippen molar-refractivity contribution >= 4 is 5.69 Å². The third kappa shape index (κ3) is 3.21. The molecule has 1 fully saturated rings. The molecule has 3 heteroatoms. The van der Waals surface area contributed by atoms with Crippen molar-refractivity contribution in [2.75, 3.05) is 24.5 Å². The lowest BCUT2D eigenvalue weighted by atomic mass is 9.93. The molecule has 1 atom stereocenters. The van der Waals surface area contributed by atoms with Gasteiger partial charge in [-0.15, -0.1) is 0 Å². The molecule has 1 aliphatic rings. The number of hydrogen-bond acceptors (Lipinski definition) is 3. The van der Waals surface area contributed by atoms with Crippen molar-refractivity contribution in [1.29, 1.82) is 0 Å². The maximum absolute atomic E-state index is 10.2. The van der Waals surface area contributed by atoms with Crippen molar-refractivity contribution < 1.29 is 5.11 Å². The van der Waals surface area contributed by atoms with Gasteiger partial charge in [-0.3, -0.25) is 0 Å². The first kappa shape index (κ1) is 14.2. The quantitative estimate of drug-likeness (QED) is 0.874. The van der Waals surface area contributed by atoms with Gasteiger partial charge in [0.15, 0.2) is 0 Å². The van der Waals surface area contributed by atoms with E-state index >= 15 is 0 Å². The number of benzene rings is 1. The molecular weight excluding hydrogens is 236 g/mol. The number of phenols is 1. The SMILES string of the molecule is CCNC(C)c1ccc(N2CCC(C)(C)C2)cc1O. The Morgan fingerprint density at radius 3 is 2.68 bits per heavy atom. The Morgan fingerprint density at radius 2 is 2.16 bits per heavy atom. The highest BCUT2D eigenvalue weighted by Gasteiger charge is 2.29. The van der Waals surface area contributed by atoms with Crippen molar-refractivity contribution in [3.05, 3.63) is 23.8 Å². The fourth-order valence-electron chi connectivity index (χ4n) is 2.84. The summed E-state index contributed by atoms with van der Waals surface area (Å²) in [6.45, 7) is 11.8. The number of nitrogens with one attached hydrogen (secondary N) is 1. The standard InChI is InChI=1S/C16H26N2O/c1-5-17-12(2)14-7-6-13(10-15(14)19)18-9-8-16(3,4)11-18/h6-7,10,12,17,19H,5,8-9,11H2,1-4H3. The van der Waals surface area contributed by atoms with E-state index in [1.165, 1.54) is 6.42 Å². The lowest BCUT2D eigenvalue weighted by Crippen LogP contribution is -2.23. The smallest absolute Gasteiger partial charge is 0.122 e. The summed E-state index contributed by atoms with van der Waals surface area (Å²) in [4.78, 5) is 2.36. The Bertz CT molecular complexity index is 442. The third-order valence-corrected chi connectivity index (χ3v) is 4.03. The zero-order valence-electron chi connectivity index (χ0n) is 12.5. The summed E-state index contributed by atoms with van der Waals surface area (Å²) in [5, 5.41) is 13.5. The predicted molar refractivity (Wildman–Crippen MR) is 80.8 cm³/mol. The van der Waals surface area contributed by atoms with Crippen LogP contribution in [0.4, 0.5) is 5.69 Å². The molecule has 2 rings (SSSR count). The maximum Gasteiger partial charge on any atom is 0.122 e. The fourth-order valence-corrected chi connectivity index (χ4v) is 2.84. The van der Waals surface area contributed by atoms with Crippen LogP contribution in [0.1, 0.15) is 45.7 Å². The second-order valence-electron chi connectivity index (χ2n) is 6.36. The molecule has 1 aromatic rings. The molecule has 0 amide bonds. The molecular formula is C16H26N2O. The van der Waals surface area contributed by atoms with Gasteiger partial charge in [-0.2, -0.15) is 0 Å². The molecule has 0 spiro atoms. The molecule has 1 aromatic carbocycles. The molecule has 1 saturated heterocycles. The highest BCUT2D eigenvalue weighted by molar-refractivity contribution is 5.54. The molecule has 0 aliphatic carbocycles.